The summed E-state index contributed by atoms with van der Waals surface area (Å²) in [4.78, 5) is 8.89. The van der Waals surface area contributed by atoms with Crippen molar-refractivity contribution < 1.29 is 9.47 Å². The van der Waals surface area contributed by atoms with Crippen LogP contribution in [-0.2, 0) is 12.0 Å². The normalized spacial score (nSPS) is 16.2. The van der Waals surface area contributed by atoms with Gasteiger partial charge in [0.05, 0.1) is 29.2 Å². The van der Waals surface area contributed by atoms with Crippen molar-refractivity contribution in [2.75, 3.05) is 6.61 Å². The monoisotopic (exact) mass is 348 g/mol. The first-order chi connectivity index (χ1) is 12.4. The lowest BCUT2D eigenvalue weighted by Gasteiger charge is -2.18. The molecular formula is C20H20N4O2. The maximum absolute atomic E-state index is 9.00. The summed E-state index contributed by atoms with van der Waals surface area (Å²) in [6.07, 6.45) is 1.68. The number of pyridine rings is 1. The Balaban J connectivity index is 1.45. The second-order valence-corrected chi connectivity index (χ2v) is 7.50. The molecule has 6 nitrogen and oxygen atoms in total. The number of rotatable bonds is 3. The highest BCUT2D eigenvalue weighted by atomic mass is 16.6. The summed E-state index contributed by atoms with van der Waals surface area (Å²) < 4.78 is 13.9. The summed E-state index contributed by atoms with van der Waals surface area (Å²) >= 11 is 0. The maximum Gasteiger partial charge on any atom is 0.297 e. The van der Waals surface area contributed by atoms with Crippen LogP contribution >= 0.6 is 0 Å². The predicted molar refractivity (Wildman–Crippen MR) is 97.3 cm³/mol. The molecule has 0 saturated heterocycles. The molecule has 0 radical (unpaired) electrons. The highest BCUT2D eigenvalue weighted by Gasteiger charge is 2.27. The van der Waals surface area contributed by atoms with Crippen LogP contribution in [0.5, 0.6) is 11.8 Å². The van der Waals surface area contributed by atoms with Gasteiger partial charge >= 0.3 is 0 Å². The molecule has 0 saturated carbocycles. The Morgan fingerprint density at radius 2 is 2.15 bits per heavy atom. The lowest BCUT2D eigenvalue weighted by atomic mass is 9.92. The van der Waals surface area contributed by atoms with E-state index in [-0.39, 0.29) is 11.5 Å². The van der Waals surface area contributed by atoms with E-state index >= 15 is 0 Å². The van der Waals surface area contributed by atoms with E-state index in [2.05, 4.69) is 36.8 Å². The van der Waals surface area contributed by atoms with Crippen LogP contribution in [0.25, 0.3) is 11.0 Å². The van der Waals surface area contributed by atoms with Crippen molar-refractivity contribution in [1.29, 1.82) is 5.26 Å². The highest BCUT2D eigenvalue weighted by Crippen LogP contribution is 2.29. The van der Waals surface area contributed by atoms with Crippen LogP contribution in [0.1, 0.15) is 32.0 Å². The lowest BCUT2D eigenvalue weighted by Crippen LogP contribution is -2.24. The number of imidazole rings is 1. The van der Waals surface area contributed by atoms with Crippen LogP contribution in [0.3, 0.4) is 0 Å². The minimum absolute atomic E-state index is 0.0212. The Kier molecular flexibility index (Phi) is 3.80. The zero-order chi connectivity index (χ0) is 18.3. The van der Waals surface area contributed by atoms with E-state index in [1.165, 1.54) is 0 Å². The van der Waals surface area contributed by atoms with Gasteiger partial charge in [-0.05, 0) is 24.3 Å². The molecule has 0 aliphatic carbocycles. The number of hydrogen-bond acceptors (Lipinski definition) is 5. The molecule has 0 bridgehead atoms. The summed E-state index contributed by atoms with van der Waals surface area (Å²) in [5.74, 6) is 0.793. The van der Waals surface area contributed by atoms with Crippen LogP contribution < -0.4 is 9.47 Å². The first-order valence-corrected chi connectivity index (χ1v) is 8.60. The molecule has 132 valence electrons. The molecule has 0 amide bonds. The van der Waals surface area contributed by atoms with Gasteiger partial charge in [-0.25, -0.2) is 0 Å². The molecule has 0 spiro atoms. The molecule has 2 aromatic heterocycles. The molecule has 1 atom stereocenters. The number of nitriles is 1. The summed E-state index contributed by atoms with van der Waals surface area (Å²) in [6, 6.07) is 12.0. The average molecular weight is 348 g/mol. The molecule has 0 N–H and O–H groups in total. The van der Waals surface area contributed by atoms with Gasteiger partial charge in [0.15, 0.2) is 6.10 Å². The minimum Gasteiger partial charge on any atom is -0.490 e. The summed E-state index contributed by atoms with van der Waals surface area (Å²) in [5.41, 5.74) is 3.33. The van der Waals surface area contributed by atoms with Crippen molar-refractivity contribution in [3.05, 3.63) is 47.8 Å². The van der Waals surface area contributed by atoms with Crippen molar-refractivity contribution in [3.8, 4) is 17.8 Å². The van der Waals surface area contributed by atoms with Gasteiger partial charge in [0.25, 0.3) is 6.01 Å². The van der Waals surface area contributed by atoms with E-state index in [1.807, 2.05) is 22.8 Å². The highest BCUT2D eigenvalue weighted by molar-refractivity contribution is 5.78. The van der Waals surface area contributed by atoms with Crippen LogP contribution in [0.15, 0.2) is 36.5 Å². The van der Waals surface area contributed by atoms with Gasteiger partial charge in [-0.1, -0.05) is 20.8 Å². The number of nitrogens with zero attached hydrogens (tertiary/aromatic N) is 4. The van der Waals surface area contributed by atoms with Gasteiger partial charge in [0.1, 0.15) is 12.4 Å². The Morgan fingerprint density at radius 1 is 1.31 bits per heavy atom. The second kappa shape index (κ2) is 6.03. The molecule has 1 aromatic carbocycles. The second-order valence-electron chi connectivity index (χ2n) is 7.50. The zero-order valence-corrected chi connectivity index (χ0v) is 15.1. The van der Waals surface area contributed by atoms with Gasteiger partial charge in [-0.3, -0.25) is 9.55 Å². The van der Waals surface area contributed by atoms with Gasteiger partial charge in [-0.2, -0.15) is 10.2 Å². The molecule has 1 aliphatic heterocycles. The fraction of sp³-hybridized carbons (Fsp3) is 0.350. The zero-order valence-electron chi connectivity index (χ0n) is 15.1. The smallest absolute Gasteiger partial charge is 0.297 e. The van der Waals surface area contributed by atoms with Crippen molar-refractivity contribution in [2.24, 2.45) is 0 Å². The van der Waals surface area contributed by atoms with Gasteiger partial charge < -0.3 is 9.47 Å². The minimum atomic E-state index is -0.0937. The SMILES string of the molecule is CC(C)(C)c1cc(OC[C@@H]2Cn3c(nc4cc(C#N)ccc43)O2)ccn1. The third-order valence-corrected chi connectivity index (χ3v) is 4.44. The van der Waals surface area contributed by atoms with Gasteiger partial charge in [0.2, 0.25) is 0 Å². The first kappa shape index (κ1) is 16.4. The molecule has 26 heavy (non-hydrogen) atoms. The van der Waals surface area contributed by atoms with E-state index in [4.69, 9.17) is 14.7 Å². The Bertz CT molecular complexity index is 1010. The largest absolute Gasteiger partial charge is 0.490 e. The standard InChI is InChI=1S/C20H20N4O2/c1-20(2,3)18-9-14(6-7-22-18)25-12-15-11-24-17-5-4-13(10-21)8-16(17)23-19(24)26-15/h4-9,15H,11-12H2,1-3H3/t15-/m0/s1. The molecular weight excluding hydrogens is 328 g/mol. The lowest BCUT2D eigenvalue weighted by molar-refractivity contribution is 0.143. The number of hydrogen-bond donors (Lipinski definition) is 0. The third-order valence-electron chi connectivity index (χ3n) is 4.44. The number of benzene rings is 1. The molecule has 0 unspecified atom stereocenters. The van der Waals surface area contributed by atoms with Crippen LogP contribution in [0, 0.1) is 11.3 Å². The van der Waals surface area contributed by atoms with E-state index in [0.29, 0.717) is 24.7 Å². The fourth-order valence-corrected chi connectivity index (χ4v) is 3.02. The number of fused-ring (bicyclic) bond motifs is 3. The quantitative estimate of drug-likeness (QED) is 0.725. The van der Waals surface area contributed by atoms with Crippen molar-refractivity contribution in [2.45, 2.75) is 38.8 Å². The van der Waals surface area contributed by atoms with Gasteiger partial charge in [0, 0.05) is 23.4 Å². The molecule has 0 fully saturated rings. The molecule has 1 aliphatic rings. The molecule has 4 rings (SSSR count). The van der Waals surface area contributed by atoms with Gasteiger partial charge in [-0.15, -0.1) is 0 Å². The molecule has 6 heteroatoms. The fourth-order valence-electron chi connectivity index (χ4n) is 3.02. The van der Waals surface area contributed by atoms with E-state index in [0.717, 1.165) is 22.5 Å². The van der Waals surface area contributed by atoms with E-state index in [9.17, 15) is 0 Å². The average Bonchev–Trinajstić information content (AvgIpc) is 3.16. The van der Waals surface area contributed by atoms with Crippen LogP contribution in [-0.4, -0.2) is 27.2 Å². The maximum atomic E-state index is 9.00. The Morgan fingerprint density at radius 3 is 2.92 bits per heavy atom. The van der Waals surface area contributed by atoms with E-state index < -0.39 is 0 Å². The number of aromatic nitrogens is 3. The topological polar surface area (TPSA) is 73.0 Å². The van der Waals surface area contributed by atoms with Crippen LogP contribution in [0.4, 0.5) is 0 Å². The third kappa shape index (κ3) is 2.97. The molecule has 3 aromatic rings. The van der Waals surface area contributed by atoms with Crippen molar-refractivity contribution in [1.82, 2.24) is 14.5 Å². The Labute approximate surface area is 152 Å². The van der Waals surface area contributed by atoms with Crippen LogP contribution in [0.2, 0.25) is 0 Å². The van der Waals surface area contributed by atoms with Crippen molar-refractivity contribution in [3.63, 3.8) is 0 Å². The predicted octanol–water partition coefficient (Wildman–Crippen LogP) is 3.44. The Hall–Kier alpha value is -3.07. The summed E-state index contributed by atoms with van der Waals surface area (Å²) in [5, 5.41) is 9.00. The number of ether oxygens (including phenoxy) is 2. The first-order valence-electron chi connectivity index (χ1n) is 8.60. The van der Waals surface area contributed by atoms with E-state index in [1.54, 1.807) is 18.3 Å². The van der Waals surface area contributed by atoms with Crippen molar-refractivity contribution >= 4 is 11.0 Å². The summed E-state index contributed by atoms with van der Waals surface area (Å²) in [6.45, 7) is 7.49. The molecule has 3 heterocycles. The summed E-state index contributed by atoms with van der Waals surface area (Å²) in [7, 11) is 0.